The molecule has 0 aromatic rings. The molecule has 92 valence electrons. The van der Waals surface area contributed by atoms with Gasteiger partial charge >= 0.3 is 5.97 Å². The Morgan fingerprint density at radius 2 is 2.24 bits per heavy atom. The molecule has 1 aliphatic carbocycles. The maximum atomic E-state index is 11.7. The minimum Gasteiger partial charge on any atom is -0.458 e. The zero-order valence-corrected chi connectivity index (χ0v) is 10.7. The minimum absolute atomic E-state index is 0.0583. The van der Waals surface area contributed by atoms with E-state index in [4.69, 9.17) is 4.74 Å². The van der Waals surface area contributed by atoms with Gasteiger partial charge in [-0.05, 0) is 25.2 Å². The van der Waals surface area contributed by atoms with Crippen LogP contribution in [0.3, 0.4) is 0 Å². The summed E-state index contributed by atoms with van der Waals surface area (Å²) in [6.45, 7) is 16.0. The van der Waals surface area contributed by atoms with Crippen LogP contribution < -0.4 is 0 Å². The minimum atomic E-state index is -0.249. The van der Waals surface area contributed by atoms with Gasteiger partial charge in [0.2, 0.25) is 0 Å². The first kappa shape index (κ1) is 12.2. The average Bonchev–Trinajstić information content (AvgIpc) is 2.56. The first-order valence-corrected chi connectivity index (χ1v) is 6.09. The number of carbonyl (C=O) groups excluding carboxylic acids is 1. The molecule has 2 rings (SSSR count). The number of allylic oxidation sites excluding steroid dienone is 1. The molecule has 0 bridgehead atoms. The van der Waals surface area contributed by atoms with E-state index in [1.165, 1.54) is 0 Å². The molecule has 0 spiro atoms. The summed E-state index contributed by atoms with van der Waals surface area (Å²) >= 11 is 0. The highest BCUT2D eigenvalue weighted by Crippen LogP contribution is 2.53. The van der Waals surface area contributed by atoms with Crippen LogP contribution in [0.1, 0.15) is 26.7 Å². The number of esters is 1. The Bertz CT molecular complexity index is 407. The lowest BCUT2D eigenvalue weighted by atomic mass is 9.60. The lowest BCUT2D eigenvalue weighted by Crippen LogP contribution is -2.42. The fourth-order valence-electron chi connectivity index (χ4n) is 3.22. The van der Waals surface area contributed by atoms with Gasteiger partial charge in [0.1, 0.15) is 6.10 Å². The van der Waals surface area contributed by atoms with Crippen molar-refractivity contribution in [1.29, 1.82) is 0 Å². The number of carbonyl (C=O) groups is 1. The Morgan fingerprint density at radius 1 is 1.59 bits per heavy atom. The third-order valence-corrected chi connectivity index (χ3v) is 4.41. The van der Waals surface area contributed by atoms with Gasteiger partial charge in [-0.15, -0.1) is 6.58 Å². The fourth-order valence-corrected chi connectivity index (χ4v) is 3.22. The molecule has 4 atom stereocenters. The lowest BCUT2D eigenvalue weighted by Gasteiger charge is -2.43. The molecule has 0 radical (unpaired) electrons. The van der Waals surface area contributed by atoms with Crippen molar-refractivity contribution < 1.29 is 9.53 Å². The van der Waals surface area contributed by atoms with Crippen LogP contribution in [0.2, 0.25) is 0 Å². The molecule has 17 heavy (non-hydrogen) atoms. The summed E-state index contributed by atoms with van der Waals surface area (Å²) in [5, 5.41) is 0. The highest BCUT2D eigenvalue weighted by atomic mass is 16.6. The van der Waals surface area contributed by atoms with E-state index in [0.717, 1.165) is 18.4 Å². The highest BCUT2D eigenvalue weighted by Gasteiger charge is 2.53. The summed E-state index contributed by atoms with van der Waals surface area (Å²) in [6, 6.07) is 0. The molecular weight excluding hydrogens is 212 g/mol. The van der Waals surface area contributed by atoms with Gasteiger partial charge in [-0.3, -0.25) is 0 Å². The molecule has 1 saturated carbocycles. The van der Waals surface area contributed by atoms with Crippen molar-refractivity contribution in [2.45, 2.75) is 32.8 Å². The van der Waals surface area contributed by atoms with E-state index in [-0.39, 0.29) is 29.3 Å². The second kappa shape index (κ2) is 3.86. The predicted molar refractivity (Wildman–Crippen MR) is 68.4 cm³/mol. The smallest absolute Gasteiger partial charge is 0.334 e. The van der Waals surface area contributed by atoms with Crippen molar-refractivity contribution in [1.82, 2.24) is 0 Å². The number of fused-ring (bicyclic) bond motifs is 1. The normalized spacial score (nSPS) is 40.7. The molecule has 2 heteroatoms. The molecule has 0 aromatic heterocycles. The van der Waals surface area contributed by atoms with Crippen LogP contribution in [0.4, 0.5) is 0 Å². The molecule has 0 aromatic carbocycles. The van der Waals surface area contributed by atoms with E-state index >= 15 is 0 Å². The number of rotatable bonds is 2. The van der Waals surface area contributed by atoms with Crippen molar-refractivity contribution in [3.8, 4) is 0 Å². The standard InChI is InChI=1S/C15H20O2/c1-6-15(5)8-7-11(9(2)3)13-12(15)10(4)14(16)17-13/h6,11-13H,1-2,4,7-8H2,3,5H3/t11-,12+,13+,15-/m0/s1. The molecule has 0 unspecified atom stereocenters. The maximum Gasteiger partial charge on any atom is 0.334 e. The average molecular weight is 232 g/mol. The Balaban J connectivity index is 2.41. The zero-order chi connectivity index (χ0) is 12.8. The summed E-state index contributed by atoms with van der Waals surface area (Å²) in [7, 11) is 0. The van der Waals surface area contributed by atoms with Crippen molar-refractivity contribution in [3.05, 3.63) is 37.0 Å². The molecule has 1 aliphatic heterocycles. The van der Waals surface area contributed by atoms with E-state index in [1.54, 1.807) is 0 Å². The third kappa shape index (κ3) is 1.67. The summed E-state index contributed by atoms with van der Waals surface area (Å²) in [6.07, 6.45) is 3.86. The second-order valence-corrected chi connectivity index (χ2v) is 5.57. The van der Waals surface area contributed by atoms with Gasteiger partial charge in [0, 0.05) is 17.4 Å². The number of hydrogen-bond donors (Lipinski definition) is 0. The second-order valence-electron chi connectivity index (χ2n) is 5.57. The maximum absolute atomic E-state index is 11.7. The van der Waals surface area contributed by atoms with Crippen LogP contribution in [0, 0.1) is 17.3 Å². The van der Waals surface area contributed by atoms with E-state index in [1.807, 2.05) is 13.0 Å². The third-order valence-electron chi connectivity index (χ3n) is 4.41. The quantitative estimate of drug-likeness (QED) is 0.415. The van der Waals surface area contributed by atoms with Gasteiger partial charge in [-0.2, -0.15) is 0 Å². The molecule has 2 nitrogen and oxygen atoms in total. The highest BCUT2D eigenvalue weighted by molar-refractivity contribution is 5.91. The summed E-state index contributed by atoms with van der Waals surface area (Å²) < 4.78 is 5.50. The van der Waals surface area contributed by atoms with E-state index in [2.05, 4.69) is 26.7 Å². The van der Waals surface area contributed by atoms with Crippen molar-refractivity contribution in [3.63, 3.8) is 0 Å². The summed E-state index contributed by atoms with van der Waals surface area (Å²) in [5.74, 6) is 0.0698. The SMILES string of the molecule is C=C[C@@]1(C)CC[C@@H](C(=C)C)[C@H]2OC(=O)C(=C)[C@H]21. The molecule has 2 fully saturated rings. The topological polar surface area (TPSA) is 26.3 Å². The van der Waals surface area contributed by atoms with Crippen LogP contribution in [-0.4, -0.2) is 12.1 Å². The molecular formula is C15H20O2. The Labute approximate surface area is 103 Å². The number of hydrogen-bond acceptors (Lipinski definition) is 2. The fraction of sp³-hybridized carbons (Fsp3) is 0.533. The predicted octanol–water partition coefficient (Wildman–Crippen LogP) is 3.26. The summed E-state index contributed by atoms with van der Waals surface area (Å²) in [4.78, 5) is 11.7. The first-order chi connectivity index (χ1) is 7.90. The molecule has 2 aliphatic rings. The Hall–Kier alpha value is -1.31. The summed E-state index contributed by atoms with van der Waals surface area (Å²) in [5.41, 5.74) is 1.61. The molecule has 0 amide bonds. The van der Waals surface area contributed by atoms with Gasteiger partial charge in [0.05, 0.1) is 0 Å². The molecule has 1 saturated heterocycles. The van der Waals surface area contributed by atoms with Gasteiger partial charge < -0.3 is 4.74 Å². The van der Waals surface area contributed by atoms with Crippen molar-refractivity contribution in [2.75, 3.05) is 0 Å². The monoisotopic (exact) mass is 232 g/mol. The van der Waals surface area contributed by atoms with Gasteiger partial charge in [0.25, 0.3) is 0 Å². The largest absolute Gasteiger partial charge is 0.458 e. The van der Waals surface area contributed by atoms with Crippen LogP contribution in [0.25, 0.3) is 0 Å². The molecule has 0 N–H and O–H groups in total. The van der Waals surface area contributed by atoms with E-state index in [9.17, 15) is 4.79 Å². The van der Waals surface area contributed by atoms with Crippen LogP contribution in [0.15, 0.2) is 37.0 Å². The van der Waals surface area contributed by atoms with E-state index < -0.39 is 0 Å². The van der Waals surface area contributed by atoms with Gasteiger partial charge in [-0.1, -0.05) is 31.7 Å². The molecule has 1 heterocycles. The van der Waals surface area contributed by atoms with Gasteiger partial charge in [-0.25, -0.2) is 4.79 Å². The zero-order valence-electron chi connectivity index (χ0n) is 10.7. The van der Waals surface area contributed by atoms with Crippen LogP contribution in [0.5, 0.6) is 0 Å². The Kier molecular flexibility index (Phi) is 2.76. The van der Waals surface area contributed by atoms with Gasteiger partial charge in [0.15, 0.2) is 0 Å². The van der Waals surface area contributed by atoms with Crippen molar-refractivity contribution in [2.24, 2.45) is 17.3 Å². The number of ether oxygens (including phenoxy) is 1. The van der Waals surface area contributed by atoms with Crippen molar-refractivity contribution >= 4 is 5.97 Å². The van der Waals surface area contributed by atoms with E-state index in [0.29, 0.717) is 5.57 Å². The first-order valence-electron chi connectivity index (χ1n) is 6.09. The Morgan fingerprint density at radius 3 is 2.76 bits per heavy atom. The lowest BCUT2D eigenvalue weighted by molar-refractivity contribution is -0.142. The van der Waals surface area contributed by atoms with Crippen LogP contribution in [-0.2, 0) is 9.53 Å². The van der Waals surface area contributed by atoms with Crippen LogP contribution >= 0.6 is 0 Å².